The lowest BCUT2D eigenvalue weighted by Gasteiger charge is -2.31. The van der Waals surface area contributed by atoms with E-state index >= 15 is 0 Å². The minimum Gasteiger partial charge on any atom is -0.489 e. The lowest BCUT2D eigenvalue weighted by Crippen LogP contribution is -2.45. The Morgan fingerprint density at radius 2 is 2.10 bits per heavy atom. The Kier molecular flexibility index (Phi) is 6.25. The fourth-order valence-electron chi connectivity index (χ4n) is 3.65. The Morgan fingerprint density at radius 1 is 1.24 bits per heavy atom. The van der Waals surface area contributed by atoms with Crippen molar-refractivity contribution in [2.45, 2.75) is 25.8 Å². The van der Waals surface area contributed by atoms with Crippen LogP contribution >= 0.6 is 22.9 Å². The van der Waals surface area contributed by atoms with E-state index in [4.69, 9.17) is 21.1 Å². The van der Waals surface area contributed by atoms with E-state index < -0.39 is 0 Å². The van der Waals surface area contributed by atoms with E-state index in [1.807, 2.05) is 23.6 Å². The first-order chi connectivity index (χ1) is 14.1. The van der Waals surface area contributed by atoms with Crippen molar-refractivity contribution in [3.63, 3.8) is 0 Å². The van der Waals surface area contributed by atoms with Gasteiger partial charge in [0.05, 0.1) is 29.0 Å². The molecule has 2 aromatic rings. The van der Waals surface area contributed by atoms with Crippen molar-refractivity contribution >= 4 is 34.8 Å². The lowest BCUT2D eigenvalue weighted by atomic mass is 9.97. The van der Waals surface area contributed by atoms with Gasteiger partial charge in [-0.1, -0.05) is 17.7 Å². The number of carbonyl (C=O) groups is 2. The van der Waals surface area contributed by atoms with Crippen LogP contribution < -0.4 is 14.8 Å². The second-order valence-corrected chi connectivity index (χ2v) is 8.60. The number of carbonyl (C=O) groups excluding carboxylic acids is 2. The number of nitrogens with zero attached hydrogens (tertiary/aromatic N) is 1. The van der Waals surface area contributed by atoms with Crippen LogP contribution in [0.25, 0.3) is 0 Å². The largest absolute Gasteiger partial charge is 0.489 e. The van der Waals surface area contributed by atoms with Gasteiger partial charge in [0.15, 0.2) is 11.5 Å². The molecule has 6 nitrogen and oxygen atoms in total. The van der Waals surface area contributed by atoms with E-state index in [1.54, 1.807) is 11.0 Å². The molecule has 1 aromatic carbocycles. The van der Waals surface area contributed by atoms with Crippen molar-refractivity contribution in [1.29, 1.82) is 0 Å². The van der Waals surface area contributed by atoms with Crippen molar-refractivity contribution in [2.24, 2.45) is 5.92 Å². The van der Waals surface area contributed by atoms with Gasteiger partial charge >= 0.3 is 0 Å². The molecular formula is C21H23ClN2O4S. The molecule has 0 spiro atoms. The van der Waals surface area contributed by atoms with Crippen LogP contribution in [0.2, 0.25) is 5.02 Å². The van der Waals surface area contributed by atoms with Crippen LogP contribution in [-0.4, -0.2) is 43.0 Å². The molecule has 154 valence electrons. The zero-order valence-electron chi connectivity index (χ0n) is 16.0. The van der Waals surface area contributed by atoms with Crippen molar-refractivity contribution in [3.8, 4) is 11.5 Å². The molecule has 0 aliphatic carbocycles. The van der Waals surface area contributed by atoms with Gasteiger partial charge in [0, 0.05) is 26.1 Å². The van der Waals surface area contributed by atoms with E-state index in [2.05, 4.69) is 5.32 Å². The summed E-state index contributed by atoms with van der Waals surface area (Å²) >= 11 is 7.76. The van der Waals surface area contributed by atoms with Gasteiger partial charge in [-0.15, -0.1) is 11.3 Å². The summed E-state index contributed by atoms with van der Waals surface area (Å²) in [5.41, 5.74) is 0.856. The first-order valence-electron chi connectivity index (χ1n) is 9.80. The van der Waals surface area contributed by atoms with E-state index in [0.717, 1.165) is 24.8 Å². The Bertz CT molecular complexity index is 887. The average Bonchev–Trinajstić information content (AvgIpc) is 3.17. The number of likely N-dealkylation sites (tertiary alicyclic amines) is 1. The predicted molar refractivity (Wildman–Crippen MR) is 112 cm³/mol. The second-order valence-electron chi connectivity index (χ2n) is 7.24. The predicted octanol–water partition coefficient (Wildman–Crippen LogP) is 3.73. The molecule has 1 unspecified atom stereocenters. The molecule has 4 rings (SSSR count). The number of fused-ring (bicyclic) bond motifs is 1. The second kappa shape index (κ2) is 9.05. The Balaban J connectivity index is 1.36. The van der Waals surface area contributed by atoms with Crippen LogP contribution in [0, 0.1) is 5.92 Å². The Labute approximate surface area is 178 Å². The number of thiophene rings is 1. The highest BCUT2D eigenvalue weighted by atomic mass is 35.5. The summed E-state index contributed by atoms with van der Waals surface area (Å²) in [6.45, 7) is 2.65. The van der Waals surface area contributed by atoms with Crippen molar-refractivity contribution in [1.82, 2.24) is 10.2 Å². The minimum absolute atomic E-state index is 0.00665. The molecule has 2 aliphatic rings. The van der Waals surface area contributed by atoms with Gasteiger partial charge in [0.25, 0.3) is 5.91 Å². The maximum absolute atomic E-state index is 12.7. The third kappa shape index (κ3) is 4.67. The molecule has 8 heteroatoms. The molecular weight excluding hydrogens is 412 g/mol. The standard InChI is InChI=1S/C21H23ClN2O4S/c22-16-10-14(11-17-19(16)28-8-3-7-27-17)12-23-20(25)15-4-1-6-24(13-15)21(26)18-5-2-9-29-18/h2,5,9-11,15H,1,3-4,6-8,12-13H2,(H,23,25). The average molecular weight is 435 g/mol. The Morgan fingerprint density at radius 3 is 2.93 bits per heavy atom. The van der Waals surface area contributed by atoms with E-state index in [1.165, 1.54) is 11.3 Å². The van der Waals surface area contributed by atoms with Crippen molar-refractivity contribution < 1.29 is 19.1 Å². The molecule has 0 radical (unpaired) electrons. The third-order valence-electron chi connectivity index (χ3n) is 5.14. The summed E-state index contributed by atoms with van der Waals surface area (Å²) < 4.78 is 11.3. The van der Waals surface area contributed by atoms with E-state index in [9.17, 15) is 9.59 Å². The molecule has 0 bridgehead atoms. The van der Waals surface area contributed by atoms with Crippen LogP contribution in [0.3, 0.4) is 0 Å². The fraction of sp³-hybridized carbons (Fsp3) is 0.429. The number of hydrogen-bond donors (Lipinski definition) is 1. The quantitative estimate of drug-likeness (QED) is 0.796. The molecule has 2 amide bonds. The van der Waals surface area contributed by atoms with Crippen LogP contribution in [0.4, 0.5) is 0 Å². The Hall–Kier alpha value is -2.25. The monoisotopic (exact) mass is 434 g/mol. The van der Waals surface area contributed by atoms with Crippen molar-refractivity contribution in [2.75, 3.05) is 26.3 Å². The zero-order valence-corrected chi connectivity index (χ0v) is 17.6. The number of hydrogen-bond acceptors (Lipinski definition) is 5. The van der Waals surface area contributed by atoms with Gasteiger partial charge in [-0.25, -0.2) is 0 Å². The van der Waals surface area contributed by atoms with E-state index in [-0.39, 0.29) is 17.7 Å². The molecule has 2 aliphatic heterocycles. The first-order valence-corrected chi connectivity index (χ1v) is 11.1. The molecule has 1 saturated heterocycles. The highest BCUT2D eigenvalue weighted by Gasteiger charge is 2.29. The number of benzene rings is 1. The zero-order chi connectivity index (χ0) is 20.2. The molecule has 1 fully saturated rings. The van der Waals surface area contributed by atoms with Crippen molar-refractivity contribution in [3.05, 3.63) is 45.1 Å². The lowest BCUT2D eigenvalue weighted by molar-refractivity contribution is -0.126. The van der Waals surface area contributed by atoms with Gasteiger partial charge in [-0.05, 0) is 42.0 Å². The van der Waals surface area contributed by atoms with Gasteiger partial charge < -0.3 is 19.7 Å². The fourth-order valence-corrected chi connectivity index (χ4v) is 4.63. The van der Waals surface area contributed by atoms with Gasteiger partial charge in [0.1, 0.15) is 0 Å². The van der Waals surface area contributed by atoms with Crippen LogP contribution in [0.15, 0.2) is 29.6 Å². The number of amides is 2. The highest BCUT2D eigenvalue weighted by molar-refractivity contribution is 7.12. The summed E-state index contributed by atoms with van der Waals surface area (Å²) in [4.78, 5) is 27.8. The molecule has 3 heterocycles. The number of ether oxygens (including phenoxy) is 2. The summed E-state index contributed by atoms with van der Waals surface area (Å²) in [5, 5.41) is 5.36. The summed E-state index contributed by atoms with van der Waals surface area (Å²) in [5.74, 6) is 0.937. The van der Waals surface area contributed by atoms with Crippen LogP contribution in [-0.2, 0) is 11.3 Å². The van der Waals surface area contributed by atoms with Gasteiger partial charge in [0.2, 0.25) is 5.91 Å². The molecule has 1 aromatic heterocycles. The maximum Gasteiger partial charge on any atom is 0.263 e. The first kappa shape index (κ1) is 20.0. The number of nitrogens with one attached hydrogen (secondary N) is 1. The highest BCUT2D eigenvalue weighted by Crippen LogP contribution is 2.38. The number of halogens is 1. The number of rotatable bonds is 4. The molecule has 1 atom stereocenters. The van der Waals surface area contributed by atoms with E-state index in [0.29, 0.717) is 54.2 Å². The number of piperidine rings is 1. The molecule has 0 saturated carbocycles. The topological polar surface area (TPSA) is 67.9 Å². The van der Waals surface area contributed by atoms with Gasteiger partial charge in [-0.3, -0.25) is 9.59 Å². The normalized spacial score (nSPS) is 18.8. The minimum atomic E-state index is -0.205. The molecule has 1 N–H and O–H groups in total. The summed E-state index contributed by atoms with van der Waals surface area (Å²) in [6.07, 6.45) is 2.41. The van der Waals surface area contributed by atoms with Gasteiger partial charge in [-0.2, -0.15) is 0 Å². The van der Waals surface area contributed by atoms with Crippen LogP contribution in [0.1, 0.15) is 34.5 Å². The maximum atomic E-state index is 12.7. The summed E-state index contributed by atoms with van der Waals surface area (Å²) in [6, 6.07) is 7.35. The smallest absolute Gasteiger partial charge is 0.263 e. The molecule has 29 heavy (non-hydrogen) atoms. The SMILES string of the molecule is O=C(NCc1cc(Cl)c2c(c1)OCCCO2)C1CCCN(C(=O)c2cccs2)C1. The summed E-state index contributed by atoms with van der Waals surface area (Å²) in [7, 11) is 0. The van der Waals surface area contributed by atoms with Crippen LogP contribution in [0.5, 0.6) is 11.5 Å². The third-order valence-corrected chi connectivity index (χ3v) is 6.28.